The second kappa shape index (κ2) is 5.27. The zero-order chi connectivity index (χ0) is 12.3. The molecule has 0 aliphatic carbocycles. The Morgan fingerprint density at radius 2 is 2.41 bits per heavy atom. The van der Waals surface area contributed by atoms with Crippen LogP contribution < -0.4 is 5.32 Å². The van der Waals surface area contributed by atoms with E-state index in [0.29, 0.717) is 11.6 Å². The molecule has 1 N–H and O–H groups in total. The molecule has 0 radical (unpaired) electrons. The van der Waals surface area contributed by atoms with Crippen molar-refractivity contribution in [1.82, 2.24) is 15.2 Å². The van der Waals surface area contributed by atoms with Crippen LogP contribution in [0.3, 0.4) is 0 Å². The van der Waals surface area contributed by atoms with Crippen LogP contribution in [-0.4, -0.2) is 42.0 Å². The van der Waals surface area contributed by atoms with E-state index in [9.17, 15) is 4.79 Å². The summed E-state index contributed by atoms with van der Waals surface area (Å²) in [5, 5.41) is 3.15. The lowest BCUT2D eigenvalue weighted by Crippen LogP contribution is -2.40. The molecule has 1 aliphatic heterocycles. The Hall–Kier alpha value is -1.42. The summed E-state index contributed by atoms with van der Waals surface area (Å²) >= 11 is 0. The first kappa shape index (κ1) is 12.0. The van der Waals surface area contributed by atoms with E-state index in [4.69, 9.17) is 0 Å². The van der Waals surface area contributed by atoms with E-state index in [-0.39, 0.29) is 5.91 Å². The Bertz CT molecular complexity index is 405. The standard InChI is InChI=1S/C13H19N3O/c1-10-6-11(8-15-7-10)13(17)16-5-3-4-12(16)9-14-2/h6-8,12,14H,3-5,9H2,1-2H3/t12-/m1/s1. The van der Waals surface area contributed by atoms with Gasteiger partial charge in [0.2, 0.25) is 0 Å². The lowest BCUT2D eigenvalue weighted by Gasteiger charge is -2.24. The maximum absolute atomic E-state index is 12.3. The van der Waals surface area contributed by atoms with Gasteiger partial charge < -0.3 is 10.2 Å². The van der Waals surface area contributed by atoms with Gasteiger partial charge in [-0.2, -0.15) is 0 Å². The van der Waals surface area contributed by atoms with Crippen molar-refractivity contribution in [2.24, 2.45) is 0 Å². The van der Waals surface area contributed by atoms with E-state index in [1.807, 2.05) is 24.9 Å². The van der Waals surface area contributed by atoms with Crippen molar-refractivity contribution >= 4 is 5.91 Å². The molecule has 92 valence electrons. The molecule has 4 heteroatoms. The molecule has 1 fully saturated rings. The zero-order valence-electron chi connectivity index (χ0n) is 10.4. The number of likely N-dealkylation sites (tertiary alicyclic amines) is 1. The molecule has 2 heterocycles. The minimum atomic E-state index is 0.110. The normalized spacial score (nSPS) is 19.6. The predicted octanol–water partition coefficient (Wildman–Crippen LogP) is 1.21. The molecule has 1 atom stereocenters. The van der Waals surface area contributed by atoms with Gasteiger partial charge in [-0.15, -0.1) is 0 Å². The summed E-state index contributed by atoms with van der Waals surface area (Å²) in [5.41, 5.74) is 1.73. The third-order valence-electron chi connectivity index (χ3n) is 3.20. The van der Waals surface area contributed by atoms with Crippen molar-refractivity contribution in [2.45, 2.75) is 25.8 Å². The fourth-order valence-corrected chi connectivity index (χ4v) is 2.39. The number of hydrogen-bond donors (Lipinski definition) is 1. The van der Waals surface area contributed by atoms with Crippen molar-refractivity contribution in [3.05, 3.63) is 29.6 Å². The summed E-state index contributed by atoms with van der Waals surface area (Å²) in [5.74, 6) is 0.110. The first-order chi connectivity index (χ1) is 8.22. The highest BCUT2D eigenvalue weighted by molar-refractivity contribution is 5.94. The monoisotopic (exact) mass is 233 g/mol. The van der Waals surface area contributed by atoms with Crippen molar-refractivity contribution in [3.8, 4) is 0 Å². The van der Waals surface area contributed by atoms with Crippen LogP contribution in [0.5, 0.6) is 0 Å². The topological polar surface area (TPSA) is 45.2 Å². The quantitative estimate of drug-likeness (QED) is 0.853. The van der Waals surface area contributed by atoms with E-state index in [1.165, 1.54) is 0 Å². The smallest absolute Gasteiger partial charge is 0.255 e. The summed E-state index contributed by atoms with van der Waals surface area (Å²) < 4.78 is 0. The minimum Gasteiger partial charge on any atom is -0.334 e. The van der Waals surface area contributed by atoms with Crippen LogP contribution in [0.1, 0.15) is 28.8 Å². The third-order valence-corrected chi connectivity index (χ3v) is 3.20. The highest BCUT2D eigenvalue weighted by Gasteiger charge is 2.28. The van der Waals surface area contributed by atoms with Gasteiger partial charge in [0.15, 0.2) is 0 Å². The van der Waals surface area contributed by atoms with E-state index in [0.717, 1.165) is 31.5 Å². The SMILES string of the molecule is CNC[C@H]1CCCN1C(=O)c1cncc(C)c1. The highest BCUT2D eigenvalue weighted by atomic mass is 16.2. The number of aromatic nitrogens is 1. The van der Waals surface area contributed by atoms with E-state index < -0.39 is 0 Å². The summed E-state index contributed by atoms with van der Waals surface area (Å²) in [4.78, 5) is 18.4. The van der Waals surface area contributed by atoms with Gasteiger partial charge in [0.1, 0.15) is 0 Å². The molecule has 0 spiro atoms. The van der Waals surface area contributed by atoms with Crippen LogP contribution in [0, 0.1) is 6.92 Å². The van der Waals surface area contributed by atoms with Crippen LogP contribution >= 0.6 is 0 Å². The van der Waals surface area contributed by atoms with Crippen molar-refractivity contribution in [1.29, 1.82) is 0 Å². The predicted molar refractivity (Wildman–Crippen MR) is 67.0 cm³/mol. The lowest BCUT2D eigenvalue weighted by molar-refractivity contribution is 0.0736. The van der Waals surface area contributed by atoms with Gasteiger partial charge in [0.05, 0.1) is 5.56 Å². The number of carbonyl (C=O) groups excluding carboxylic acids is 1. The fraction of sp³-hybridized carbons (Fsp3) is 0.538. The molecular formula is C13H19N3O. The molecule has 0 bridgehead atoms. The van der Waals surface area contributed by atoms with Crippen LogP contribution in [0.2, 0.25) is 0 Å². The Morgan fingerprint density at radius 3 is 3.12 bits per heavy atom. The Morgan fingerprint density at radius 1 is 1.59 bits per heavy atom. The Kier molecular flexibility index (Phi) is 3.74. The number of aryl methyl sites for hydroxylation is 1. The van der Waals surface area contributed by atoms with Crippen LogP contribution in [0.25, 0.3) is 0 Å². The number of likely N-dealkylation sites (N-methyl/N-ethyl adjacent to an activating group) is 1. The number of hydrogen-bond acceptors (Lipinski definition) is 3. The number of amides is 1. The summed E-state index contributed by atoms with van der Waals surface area (Å²) in [7, 11) is 1.93. The maximum Gasteiger partial charge on any atom is 0.255 e. The average molecular weight is 233 g/mol. The molecule has 0 unspecified atom stereocenters. The van der Waals surface area contributed by atoms with Gasteiger partial charge in [-0.3, -0.25) is 9.78 Å². The van der Waals surface area contributed by atoms with Crippen molar-refractivity contribution in [3.63, 3.8) is 0 Å². The van der Waals surface area contributed by atoms with E-state index in [1.54, 1.807) is 12.4 Å². The zero-order valence-corrected chi connectivity index (χ0v) is 10.4. The molecule has 17 heavy (non-hydrogen) atoms. The lowest BCUT2D eigenvalue weighted by atomic mass is 10.1. The van der Waals surface area contributed by atoms with Gasteiger partial charge >= 0.3 is 0 Å². The number of rotatable bonds is 3. The van der Waals surface area contributed by atoms with Crippen LogP contribution in [-0.2, 0) is 0 Å². The summed E-state index contributed by atoms with van der Waals surface area (Å²) in [6, 6.07) is 2.23. The number of carbonyl (C=O) groups is 1. The molecule has 4 nitrogen and oxygen atoms in total. The Labute approximate surface area is 102 Å². The highest BCUT2D eigenvalue weighted by Crippen LogP contribution is 2.19. The first-order valence-electron chi connectivity index (χ1n) is 6.09. The van der Waals surface area contributed by atoms with Crippen molar-refractivity contribution < 1.29 is 4.79 Å². The third kappa shape index (κ3) is 2.64. The molecule has 0 aromatic carbocycles. The van der Waals surface area contributed by atoms with Crippen molar-refractivity contribution in [2.75, 3.05) is 20.1 Å². The molecule has 1 aromatic heterocycles. The average Bonchev–Trinajstić information content (AvgIpc) is 2.77. The molecule has 1 aromatic rings. The van der Waals surface area contributed by atoms with Gasteiger partial charge in [0, 0.05) is 31.5 Å². The molecule has 1 aliphatic rings. The largest absolute Gasteiger partial charge is 0.334 e. The van der Waals surface area contributed by atoms with Crippen LogP contribution in [0.4, 0.5) is 0 Å². The molecular weight excluding hydrogens is 214 g/mol. The van der Waals surface area contributed by atoms with Gasteiger partial charge in [0.25, 0.3) is 5.91 Å². The van der Waals surface area contributed by atoms with Gasteiger partial charge in [-0.05, 0) is 38.4 Å². The second-order valence-electron chi connectivity index (χ2n) is 4.60. The maximum atomic E-state index is 12.3. The molecule has 2 rings (SSSR count). The van der Waals surface area contributed by atoms with Crippen LogP contribution in [0.15, 0.2) is 18.5 Å². The minimum absolute atomic E-state index is 0.110. The molecule has 1 saturated heterocycles. The molecule has 0 saturated carbocycles. The van der Waals surface area contributed by atoms with E-state index in [2.05, 4.69) is 10.3 Å². The number of pyridine rings is 1. The summed E-state index contributed by atoms with van der Waals surface area (Å²) in [6.07, 6.45) is 5.61. The van der Waals surface area contributed by atoms with E-state index >= 15 is 0 Å². The first-order valence-corrected chi connectivity index (χ1v) is 6.09. The molecule has 1 amide bonds. The number of nitrogens with one attached hydrogen (secondary N) is 1. The Balaban J connectivity index is 2.14. The summed E-state index contributed by atoms with van der Waals surface area (Å²) in [6.45, 7) is 3.68. The van der Waals surface area contributed by atoms with Gasteiger partial charge in [-0.25, -0.2) is 0 Å². The van der Waals surface area contributed by atoms with Gasteiger partial charge in [-0.1, -0.05) is 0 Å². The fourth-order valence-electron chi connectivity index (χ4n) is 2.39. The number of nitrogens with zero attached hydrogens (tertiary/aromatic N) is 2. The second-order valence-corrected chi connectivity index (χ2v) is 4.60.